The third-order valence-corrected chi connectivity index (χ3v) is 8.24. The minimum absolute atomic E-state index is 0.148. The zero-order valence-electron chi connectivity index (χ0n) is 24.2. The van der Waals surface area contributed by atoms with E-state index < -0.39 is 5.60 Å². The van der Waals surface area contributed by atoms with Gasteiger partial charge in [-0.15, -0.1) is 0 Å². The van der Waals surface area contributed by atoms with Crippen molar-refractivity contribution < 1.29 is 19.1 Å². The molecule has 0 radical (unpaired) electrons. The second-order valence-corrected chi connectivity index (χ2v) is 11.6. The van der Waals surface area contributed by atoms with Gasteiger partial charge in [-0.05, 0) is 77.6 Å². The Balaban J connectivity index is 1.32. The topological polar surface area (TPSA) is 91.7 Å². The van der Waals surface area contributed by atoms with E-state index in [0.29, 0.717) is 39.7 Å². The van der Waals surface area contributed by atoms with Crippen LogP contribution in [0.1, 0.15) is 39.9 Å². The molecule has 0 saturated carbocycles. The van der Waals surface area contributed by atoms with Crippen LogP contribution in [0.2, 0.25) is 10.0 Å². The van der Waals surface area contributed by atoms with Crippen molar-refractivity contribution in [2.24, 2.45) is 0 Å². The number of methoxy groups -OCH3 is 1. The molecule has 1 amide bonds. The lowest BCUT2D eigenvalue weighted by molar-refractivity contribution is -0.135. The Kier molecular flexibility index (Phi) is 9.99. The first-order valence-electron chi connectivity index (χ1n) is 14.2. The van der Waals surface area contributed by atoms with Gasteiger partial charge in [-0.25, -0.2) is 4.79 Å². The minimum atomic E-state index is -0.679. The minimum Gasteiger partial charge on any atom is -0.465 e. The quantitative estimate of drug-likeness (QED) is 0.194. The summed E-state index contributed by atoms with van der Waals surface area (Å²) in [6, 6.07) is 30.1. The highest BCUT2D eigenvalue weighted by Crippen LogP contribution is 2.38. The van der Waals surface area contributed by atoms with Crippen LogP contribution in [0.5, 0.6) is 0 Å². The van der Waals surface area contributed by atoms with Gasteiger partial charge in [0.05, 0.1) is 29.9 Å². The SMILES string of the molecule is COC(=O)c1ccc(CN2CCC(OCC(=O)Nc3cc(Cl)cc(Cl)c3)(c3ccc(-c4cccc(C#N)c4)cc3)CC2)cc1. The molecule has 1 saturated heterocycles. The van der Waals surface area contributed by atoms with Gasteiger partial charge in [0.25, 0.3) is 0 Å². The molecule has 4 aromatic rings. The van der Waals surface area contributed by atoms with E-state index in [1.165, 1.54) is 7.11 Å². The summed E-state index contributed by atoms with van der Waals surface area (Å²) >= 11 is 12.2. The Morgan fingerprint density at radius 1 is 0.909 bits per heavy atom. The van der Waals surface area contributed by atoms with Gasteiger partial charge in [0.1, 0.15) is 6.61 Å². The van der Waals surface area contributed by atoms with Gasteiger partial charge in [-0.2, -0.15) is 5.26 Å². The second-order valence-electron chi connectivity index (χ2n) is 10.7. The number of halogens is 2. The number of anilines is 1. The third-order valence-electron chi connectivity index (χ3n) is 7.81. The fraction of sp³-hybridized carbons (Fsp3) is 0.229. The van der Waals surface area contributed by atoms with E-state index >= 15 is 0 Å². The van der Waals surface area contributed by atoms with Crippen LogP contribution in [0.15, 0.2) is 91.0 Å². The molecule has 0 atom stereocenters. The number of likely N-dealkylation sites (tertiary alicyclic amines) is 1. The number of hydrogen-bond donors (Lipinski definition) is 1. The maximum Gasteiger partial charge on any atom is 0.337 e. The zero-order valence-corrected chi connectivity index (χ0v) is 25.7. The van der Waals surface area contributed by atoms with Crippen LogP contribution in [0.4, 0.5) is 5.69 Å². The van der Waals surface area contributed by atoms with Crippen molar-refractivity contribution in [2.45, 2.75) is 25.0 Å². The van der Waals surface area contributed by atoms with Crippen LogP contribution in [-0.2, 0) is 26.4 Å². The first-order valence-corrected chi connectivity index (χ1v) is 14.9. The van der Waals surface area contributed by atoms with Crippen molar-refractivity contribution in [1.82, 2.24) is 4.90 Å². The highest BCUT2D eigenvalue weighted by atomic mass is 35.5. The monoisotopic (exact) mass is 627 g/mol. The molecule has 1 N–H and O–H groups in total. The predicted octanol–water partition coefficient (Wildman–Crippen LogP) is 7.47. The molecule has 5 rings (SSSR count). The van der Waals surface area contributed by atoms with Crippen LogP contribution in [-0.4, -0.2) is 43.6 Å². The number of nitriles is 1. The molecule has 0 aromatic heterocycles. The van der Waals surface area contributed by atoms with Crippen molar-refractivity contribution in [3.63, 3.8) is 0 Å². The lowest BCUT2D eigenvalue weighted by Gasteiger charge is -2.42. The first-order chi connectivity index (χ1) is 21.3. The fourth-order valence-corrected chi connectivity index (χ4v) is 6.00. The van der Waals surface area contributed by atoms with Gasteiger partial charge in [0, 0.05) is 35.4 Å². The van der Waals surface area contributed by atoms with Gasteiger partial charge in [0.2, 0.25) is 5.91 Å². The molecule has 9 heteroatoms. The maximum absolute atomic E-state index is 13.0. The van der Waals surface area contributed by atoms with Gasteiger partial charge in [-0.3, -0.25) is 9.69 Å². The van der Waals surface area contributed by atoms with Crippen molar-refractivity contribution >= 4 is 40.8 Å². The summed E-state index contributed by atoms with van der Waals surface area (Å²) in [4.78, 5) is 27.1. The Morgan fingerprint density at radius 2 is 1.59 bits per heavy atom. The average Bonchev–Trinajstić information content (AvgIpc) is 3.04. The molecule has 1 fully saturated rings. The lowest BCUT2D eigenvalue weighted by atomic mass is 9.83. The Hall–Kier alpha value is -4.19. The number of ether oxygens (including phenoxy) is 2. The maximum atomic E-state index is 13.0. The molecule has 1 aliphatic heterocycles. The Labute approximate surface area is 266 Å². The number of nitrogens with zero attached hydrogens (tertiary/aromatic N) is 2. The lowest BCUT2D eigenvalue weighted by Crippen LogP contribution is -2.45. The van der Waals surface area contributed by atoms with E-state index in [-0.39, 0.29) is 18.5 Å². The molecule has 1 heterocycles. The molecular weight excluding hydrogens is 597 g/mol. The van der Waals surface area contributed by atoms with Gasteiger partial charge in [-0.1, -0.05) is 71.7 Å². The summed E-state index contributed by atoms with van der Waals surface area (Å²) in [6.45, 7) is 2.07. The largest absolute Gasteiger partial charge is 0.465 e. The van der Waals surface area contributed by atoms with Crippen LogP contribution in [0, 0.1) is 11.3 Å². The molecule has 0 aliphatic carbocycles. The molecule has 0 bridgehead atoms. The van der Waals surface area contributed by atoms with E-state index in [9.17, 15) is 14.9 Å². The molecule has 224 valence electrons. The van der Waals surface area contributed by atoms with Crippen LogP contribution >= 0.6 is 23.2 Å². The number of nitrogens with one attached hydrogen (secondary N) is 1. The predicted molar refractivity (Wildman–Crippen MR) is 172 cm³/mol. The first kappa shape index (κ1) is 31.2. The number of benzene rings is 4. The molecule has 0 spiro atoms. The van der Waals surface area contributed by atoms with Crippen LogP contribution < -0.4 is 5.32 Å². The normalized spacial score (nSPS) is 14.4. The summed E-state index contributed by atoms with van der Waals surface area (Å²) in [5.41, 5.74) is 4.97. The van der Waals surface area contributed by atoms with Gasteiger partial charge < -0.3 is 14.8 Å². The fourth-order valence-electron chi connectivity index (χ4n) is 5.47. The number of esters is 1. The number of piperidine rings is 1. The molecule has 44 heavy (non-hydrogen) atoms. The Bertz CT molecular complexity index is 1660. The van der Waals surface area contributed by atoms with Crippen molar-refractivity contribution in [3.8, 4) is 17.2 Å². The van der Waals surface area contributed by atoms with Gasteiger partial charge in [0.15, 0.2) is 0 Å². The van der Waals surface area contributed by atoms with Crippen LogP contribution in [0.25, 0.3) is 11.1 Å². The van der Waals surface area contributed by atoms with E-state index in [4.69, 9.17) is 32.7 Å². The zero-order chi connectivity index (χ0) is 31.1. The molecule has 0 unspecified atom stereocenters. The number of amides is 1. The average molecular weight is 629 g/mol. The standard InChI is InChI=1S/C35H31Cl2N3O4/c1-43-34(42)27-7-5-24(6-8-27)22-40-15-13-35(14-16-40,44-23-33(41)39-32-19-30(36)18-31(37)20-32)29-11-9-26(10-12-29)28-4-2-3-25(17-28)21-38/h2-12,17-20H,13-16,22-23H2,1H3,(H,39,41). The summed E-state index contributed by atoms with van der Waals surface area (Å²) in [5.74, 6) is -0.663. The smallest absolute Gasteiger partial charge is 0.337 e. The van der Waals surface area contributed by atoms with E-state index in [2.05, 4.69) is 16.3 Å². The second kappa shape index (κ2) is 14.1. The third kappa shape index (κ3) is 7.65. The molecule has 4 aromatic carbocycles. The van der Waals surface area contributed by atoms with Gasteiger partial charge >= 0.3 is 5.97 Å². The molecular formula is C35H31Cl2N3O4. The molecule has 7 nitrogen and oxygen atoms in total. The summed E-state index contributed by atoms with van der Waals surface area (Å²) < 4.78 is 11.3. The number of hydrogen-bond acceptors (Lipinski definition) is 6. The van der Waals surface area contributed by atoms with E-state index in [1.54, 1.807) is 36.4 Å². The van der Waals surface area contributed by atoms with Crippen molar-refractivity contribution in [3.05, 3.63) is 123 Å². The molecule has 1 aliphatic rings. The number of carbonyl (C=O) groups is 2. The summed E-state index contributed by atoms with van der Waals surface area (Å²) in [6.07, 6.45) is 1.35. The number of rotatable bonds is 9. The summed E-state index contributed by atoms with van der Waals surface area (Å²) in [7, 11) is 1.37. The van der Waals surface area contributed by atoms with Crippen LogP contribution in [0.3, 0.4) is 0 Å². The Morgan fingerprint density at radius 3 is 2.23 bits per heavy atom. The number of carbonyl (C=O) groups excluding carboxylic acids is 2. The van der Waals surface area contributed by atoms with E-state index in [1.807, 2.05) is 54.6 Å². The van der Waals surface area contributed by atoms with Crippen molar-refractivity contribution in [1.29, 1.82) is 5.26 Å². The highest BCUT2D eigenvalue weighted by Gasteiger charge is 2.38. The highest BCUT2D eigenvalue weighted by molar-refractivity contribution is 6.35. The summed E-state index contributed by atoms with van der Waals surface area (Å²) in [5, 5.41) is 13.0. The van der Waals surface area contributed by atoms with E-state index in [0.717, 1.165) is 41.9 Å². The van der Waals surface area contributed by atoms with Crippen molar-refractivity contribution in [2.75, 3.05) is 32.1 Å².